The van der Waals surface area contributed by atoms with Crippen LogP contribution in [-0.2, 0) is 4.74 Å². The summed E-state index contributed by atoms with van der Waals surface area (Å²) in [5, 5.41) is 6.72. The summed E-state index contributed by atoms with van der Waals surface area (Å²) < 4.78 is 5.54. The van der Waals surface area contributed by atoms with E-state index < -0.39 is 0 Å². The highest BCUT2D eigenvalue weighted by Crippen LogP contribution is 2.07. The summed E-state index contributed by atoms with van der Waals surface area (Å²) in [5.41, 5.74) is 0. The van der Waals surface area contributed by atoms with Crippen molar-refractivity contribution in [3.63, 3.8) is 0 Å². The molecular formula is C16H34N4O. The second-order valence-corrected chi connectivity index (χ2v) is 5.65. The highest BCUT2D eigenvalue weighted by molar-refractivity contribution is 5.79. The van der Waals surface area contributed by atoms with Crippen LogP contribution in [0.1, 0.15) is 45.4 Å². The van der Waals surface area contributed by atoms with Crippen LogP contribution < -0.4 is 10.6 Å². The number of unbranched alkanes of at least 4 members (excludes halogenated alkanes) is 1. The summed E-state index contributed by atoms with van der Waals surface area (Å²) in [6.07, 6.45) is 7.49. The number of nitrogens with one attached hydrogen (secondary N) is 2. The molecule has 0 saturated carbocycles. The van der Waals surface area contributed by atoms with Crippen LogP contribution in [-0.4, -0.2) is 63.8 Å². The number of rotatable bonds is 10. The Morgan fingerprint density at radius 3 is 2.48 bits per heavy atom. The lowest BCUT2D eigenvalue weighted by molar-refractivity contribution is 0.129. The van der Waals surface area contributed by atoms with Crippen LogP contribution in [0.25, 0.3) is 0 Å². The zero-order valence-electron chi connectivity index (χ0n) is 14.0. The monoisotopic (exact) mass is 298 g/mol. The molecule has 1 aliphatic heterocycles. The van der Waals surface area contributed by atoms with Gasteiger partial charge in [-0.1, -0.05) is 19.8 Å². The van der Waals surface area contributed by atoms with Gasteiger partial charge in [-0.2, -0.15) is 0 Å². The molecule has 5 nitrogen and oxygen atoms in total. The van der Waals surface area contributed by atoms with Crippen LogP contribution in [0.4, 0.5) is 0 Å². The first-order valence-corrected chi connectivity index (χ1v) is 8.61. The van der Waals surface area contributed by atoms with Gasteiger partial charge in [-0.3, -0.25) is 4.99 Å². The summed E-state index contributed by atoms with van der Waals surface area (Å²) in [4.78, 5) is 6.79. The zero-order valence-corrected chi connectivity index (χ0v) is 14.0. The number of guanidine groups is 1. The maximum absolute atomic E-state index is 5.54. The average molecular weight is 298 g/mol. The van der Waals surface area contributed by atoms with E-state index in [9.17, 15) is 0 Å². The van der Waals surface area contributed by atoms with Crippen LogP contribution >= 0.6 is 0 Å². The molecule has 0 aliphatic carbocycles. The number of hydrogen-bond acceptors (Lipinski definition) is 3. The van der Waals surface area contributed by atoms with Gasteiger partial charge in [0.05, 0.1) is 0 Å². The van der Waals surface area contributed by atoms with Gasteiger partial charge in [0.15, 0.2) is 5.96 Å². The lowest BCUT2D eigenvalue weighted by Crippen LogP contribution is -2.43. The van der Waals surface area contributed by atoms with Crippen molar-refractivity contribution in [3.8, 4) is 0 Å². The number of nitrogens with zero attached hydrogens (tertiary/aromatic N) is 2. The number of aliphatic imine (C=N–C) groups is 1. The Morgan fingerprint density at radius 1 is 1.05 bits per heavy atom. The third kappa shape index (κ3) is 9.69. The zero-order chi connectivity index (χ0) is 15.2. The summed E-state index contributed by atoms with van der Waals surface area (Å²) in [6, 6.07) is 0. The van der Waals surface area contributed by atoms with E-state index in [1.54, 1.807) is 0 Å². The van der Waals surface area contributed by atoms with Crippen molar-refractivity contribution in [1.29, 1.82) is 0 Å². The van der Waals surface area contributed by atoms with Gasteiger partial charge >= 0.3 is 0 Å². The minimum absolute atomic E-state index is 0.831. The third-order valence-corrected chi connectivity index (χ3v) is 3.79. The van der Waals surface area contributed by atoms with E-state index in [1.807, 2.05) is 7.05 Å². The predicted molar refractivity (Wildman–Crippen MR) is 90.0 cm³/mol. The summed E-state index contributed by atoms with van der Waals surface area (Å²) >= 11 is 0. The molecule has 1 rings (SSSR count). The Balaban J connectivity index is 1.96. The summed E-state index contributed by atoms with van der Waals surface area (Å²) in [6.45, 7) is 9.40. The summed E-state index contributed by atoms with van der Waals surface area (Å²) in [5.74, 6) is 0.903. The molecule has 1 aliphatic rings. The maximum Gasteiger partial charge on any atom is 0.191 e. The molecule has 0 bridgehead atoms. The fourth-order valence-electron chi connectivity index (χ4n) is 2.47. The molecule has 5 heteroatoms. The van der Waals surface area contributed by atoms with Gasteiger partial charge in [-0.15, -0.1) is 0 Å². The van der Waals surface area contributed by atoms with Crippen LogP contribution in [0.2, 0.25) is 0 Å². The van der Waals surface area contributed by atoms with Crippen LogP contribution in [0.3, 0.4) is 0 Å². The predicted octanol–water partition coefficient (Wildman–Crippen LogP) is 1.84. The van der Waals surface area contributed by atoms with Gasteiger partial charge in [-0.25, -0.2) is 0 Å². The van der Waals surface area contributed by atoms with Gasteiger partial charge in [0.1, 0.15) is 0 Å². The van der Waals surface area contributed by atoms with Crippen molar-refractivity contribution in [1.82, 2.24) is 15.5 Å². The molecule has 0 spiro atoms. The molecule has 0 aromatic heterocycles. The molecule has 0 amide bonds. The molecule has 21 heavy (non-hydrogen) atoms. The minimum Gasteiger partial charge on any atom is -0.381 e. The number of piperidine rings is 1. The van der Waals surface area contributed by atoms with Crippen molar-refractivity contribution >= 4 is 5.96 Å². The van der Waals surface area contributed by atoms with E-state index in [-0.39, 0.29) is 0 Å². The second kappa shape index (κ2) is 12.9. The largest absolute Gasteiger partial charge is 0.381 e. The molecule has 0 radical (unpaired) electrons. The SMILES string of the molecule is CCCCOCCCNC(=NC)NCCN1CCCCC1. The van der Waals surface area contributed by atoms with Crippen molar-refractivity contribution in [2.75, 3.05) is 53.0 Å². The van der Waals surface area contributed by atoms with Gasteiger partial charge in [0.2, 0.25) is 0 Å². The number of ether oxygens (including phenoxy) is 1. The molecule has 1 heterocycles. The third-order valence-electron chi connectivity index (χ3n) is 3.79. The van der Waals surface area contributed by atoms with Crippen LogP contribution in [0, 0.1) is 0 Å². The Hall–Kier alpha value is -0.810. The fraction of sp³-hybridized carbons (Fsp3) is 0.938. The first kappa shape index (κ1) is 18.2. The molecule has 0 atom stereocenters. The molecule has 124 valence electrons. The van der Waals surface area contributed by atoms with Gasteiger partial charge in [-0.05, 0) is 38.8 Å². The van der Waals surface area contributed by atoms with Crippen LogP contribution in [0.5, 0.6) is 0 Å². The van der Waals surface area contributed by atoms with Crippen molar-refractivity contribution in [3.05, 3.63) is 0 Å². The first-order valence-electron chi connectivity index (χ1n) is 8.61. The van der Waals surface area contributed by atoms with Gasteiger partial charge in [0, 0.05) is 39.9 Å². The molecular weight excluding hydrogens is 264 g/mol. The van der Waals surface area contributed by atoms with Gasteiger partial charge in [0.25, 0.3) is 0 Å². The van der Waals surface area contributed by atoms with Crippen molar-refractivity contribution < 1.29 is 4.74 Å². The lowest BCUT2D eigenvalue weighted by Gasteiger charge is -2.26. The molecule has 0 unspecified atom stereocenters. The lowest BCUT2D eigenvalue weighted by atomic mass is 10.1. The summed E-state index contributed by atoms with van der Waals surface area (Å²) in [7, 11) is 1.83. The Kier molecular flexibility index (Phi) is 11.2. The quantitative estimate of drug-likeness (QED) is 0.367. The average Bonchev–Trinajstić information content (AvgIpc) is 2.53. The highest BCUT2D eigenvalue weighted by Gasteiger charge is 2.09. The Labute approximate surface area is 130 Å². The second-order valence-electron chi connectivity index (χ2n) is 5.65. The topological polar surface area (TPSA) is 48.9 Å². The molecule has 0 aromatic carbocycles. The number of likely N-dealkylation sites (tertiary alicyclic amines) is 1. The van der Waals surface area contributed by atoms with E-state index in [0.717, 1.165) is 51.6 Å². The molecule has 1 fully saturated rings. The van der Waals surface area contributed by atoms with E-state index in [2.05, 4.69) is 27.4 Å². The van der Waals surface area contributed by atoms with E-state index in [1.165, 1.54) is 38.8 Å². The number of hydrogen-bond donors (Lipinski definition) is 2. The normalized spacial score (nSPS) is 17.0. The molecule has 0 aromatic rings. The highest BCUT2D eigenvalue weighted by atomic mass is 16.5. The van der Waals surface area contributed by atoms with E-state index in [0.29, 0.717) is 0 Å². The Bertz CT molecular complexity index is 265. The van der Waals surface area contributed by atoms with Gasteiger partial charge < -0.3 is 20.3 Å². The van der Waals surface area contributed by atoms with E-state index in [4.69, 9.17) is 4.74 Å². The smallest absolute Gasteiger partial charge is 0.191 e. The fourth-order valence-corrected chi connectivity index (χ4v) is 2.47. The van der Waals surface area contributed by atoms with Crippen LogP contribution in [0.15, 0.2) is 4.99 Å². The van der Waals surface area contributed by atoms with Crippen molar-refractivity contribution in [2.24, 2.45) is 4.99 Å². The maximum atomic E-state index is 5.54. The molecule has 2 N–H and O–H groups in total. The Morgan fingerprint density at radius 2 is 1.76 bits per heavy atom. The molecule has 1 saturated heterocycles. The van der Waals surface area contributed by atoms with Crippen molar-refractivity contribution in [2.45, 2.75) is 45.4 Å². The standard InChI is InChI=1S/C16H34N4O/c1-3-4-14-21-15-8-9-18-16(17-2)19-10-13-20-11-6-5-7-12-20/h3-15H2,1-2H3,(H2,17,18,19). The minimum atomic E-state index is 0.831. The first-order chi connectivity index (χ1) is 10.4. The van der Waals surface area contributed by atoms with E-state index >= 15 is 0 Å².